The Morgan fingerprint density at radius 2 is 0.790 bits per heavy atom. The molecule has 0 fully saturated rings. The normalized spacial score (nSPS) is 14.1. The van der Waals surface area contributed by atoms with Gasteiger partial charge in [0.2, 0.25) is 0 Å². The third-order valence-corrected chi connectivity index (χ3v) is 14.0. The van der Waals surface area contributed by atoms with Crippen molar-refractivity contribution in [2.75, 3.05) is 4.90 Å². The van der Waals surface area contributed by atoms with E-state index in [9.17, 15) is 0 Å². The summed E-state index contributed by atoms with van der Waals surface area (Å²) in [4.78, 5) is 2.54. The van der Waals surface area contributed by atoms with Crippen LogP contribution in [0.3, 0.4) is 0 Å². The van der Waals surface area contributed by atoms with E-state index in [2.05, 4.69) is 243 Å². The van der Waals surface area contributed by atoms with E-state index in [4.69, 9.17) is 0 Å². The van der Waals surface area contributed by atoms with Gasteiger partial charge in [-0.05, 0) is 98.1 Å². The van der Waals surface area contributed by atoms with Crippen molar-refractivity contribution < 1.29 is 0 Å². The van der Waals surface area contributed by atoms with Gasteiger partial charge in [-0.3, -0.25) is 0 Å². The second-order valence-electron chi connectivity index (χ2n) is 18.1. The number of anilines is 3. The van der Waals surface area contributed by atoms with Gasteiger partial charge in [-0.2, -0.15) is 0 Å². The number of hydrogen-bond donors (Lipinski definition) is 0. The molecular weight excluding hydrogens is 749 g/mol. The van der Waals surface area contributed by atoms with Crippen LogP contribution in [0, 0.1) is 0 Å². The zero-order chi connectivity index (χ0) is 41.7. The summed E-state index contributed by atoms with van der Waals surface area (Å²) in [5, 5.41) is 2.43. The standard InChI is InChI=1S/C60H46N2/c1-59(2)50-28-14-11-23-45(50)47-35-33-41(37-52(47)59)61(42-34-36-48-46-24-12-15-29-51(46)60(3,4)53(48)38-42)55-31-18-32-56-57(55)49-25-13-16-30-54(49)62(56)58-43(39-19-7-5-8-20-39)26-17-27-44(58)40-21-9-6-10-22-40/h5-38H,1-4H3. The minimum Gasteiger partial charge on any atom is -0.310 e. The van der Waals surface area contributed by atoms with E-state index in [1.165, 1.54) is 88.7 Å². The summed E-state index contributed by atoms with van der Waals surface area (Å²) in [6.45, 7) is 9.51. The lowest BCUT2D eigenvalue weighted by Crippen LogP contribution is -2.18. The summed E-state index contributed by atoms with van der Waals surface area (Å²) in [5.74, 6) is 0. The maximum absolute atomic E-state index is 2.54. The summed E-state index contributed by atoms with van der Waals surface area (Å²) in [6, 6.07) is 76.6. The second kappa shape index (κ2) is 13.5. The number of hydrogen-bond acceptors (Lipinski definition) is 1. The van der Waals surface area contributed by atoms with Gasteiger partial charge in [-0.25, -0.2) is 0 Å². The maximum atomic E-state index is 2.54. The average Bonchev–Trinajstić information content (AvgIpc) is 3.86. The van der Waals surface area contributed by atoms with Crippen LogP contribution in [0.5, 0.6) is 0 Å². The van der Waals surface area contributed by atoms with Crippen molar-refractivity contribution in [1.82, 2.24) is 4.57 Å². The van der Waals surface area contributed by atoms with Crippen LogP contribution in [0.1, 0.15) is 49.9 Å². The molecule has 2 nitrogen and oxygen atoms in total. The molecule has 9 aromatic carbocycles. The average molecular weight is 795 g/mol. The summed E-state index contributed by atoms with van der Waals surface area (Å²) in [5.41, 5.74) is 22.2. The van der Waals surface area contributed by atoms with E-state index < -0.39 is 0 Å². The van der Waals surface area contributed by atoms with Gasteiger partial charge in [0.05, 0.1) is 22.4 Å². The van der Waals surface area contributed by atoms with Gasteiger partial charge < -0.3 is 9.47 Å². The van der Waals surface area contributed by atoms with Gasteiger partial charge in [0, 0.05) is 44.1 Å². The van der Waals surface area contributed by atoms with E-state index in [1.54, 1.807) is 0 Å². The summed E-state index contributed by atoms with van der Waals surface area (Å²) in [7, 11) is 0. The fourth-order valence-corrected chi connectivity index (χ4v) is 11.0. The molecule has 0 bridgehead atoms. The zero-order valence-electron chi connectivity index (χ0n) is 35.5. The molecule has 0 amide bonds. The third-order valence-electron chi connectivity index (χ3n) is 14.0. The molecular formula is C60H46N2. The van der Waals surface area contributed by atoms with Crippen LogP contribution < -0.4 is 4.90 Å². The molecule has 1 heterocycles. The fraction of sp³-hybridized carbons (Fsp3) is 0.100. The number of benzene rings is 9. The molecule has 0 saturated carbocycles. The number of rotatable bonds is 6. The molecule has 0 aliphatic heterocycles. The predicted molar refractivity (Wildman–Crippen MR) is 261 cm³/mol. The maximum Gasteiger partial charge on any atom is 0.0618 e. The smallest absolute Gasteiger partial charge is 0.0618 e. The molecule has 0 atom stereocenters. The van der Waals surface area contributed by atoms with Crippen LogP contribution in [0.25, 0.3) is 72.0 Å². The molecule has 12 rings (SSSR count). The Balaban J connectivity index is 1.16. The highest BCUT2D eigenvalue weighted by Crippen LogP contribution is 2.54. The Labute approximate surface area is 364 Å². The monoisotopic (exact) mass is 794 g/mol. The Bertz CT molecular complexity index is 3240. The Hall–Kier alpha value is -7.42. The minimum atomic E-state index is -0.147. The number of para-hydroxylation sites is 2. The Kier molecular flexibility index (Phi) is 7.96. The lowest BCUT2D eigenvalue weighted by atomic mass is 9.82. The van der Waals surface area contributed by atoms with Crippen molar-refractivity contribution in [3.05, 3.63) is 229 Å². The summed E-state index contributed by atoms with van der Waals surface area (Å²) in [6.07, 6.45) is 0. The second-order valence-corrected chi connectivity index (χ2v) is 18.1. The van der Waals surface area contributed by atoms with Crippen molar-refractivity contribution in [3.8, 4) is 50.2 Å². The molecule has 0 unspecified atom stereocenters. The Morgan fingerprint density at radius 3 is 1.35 bits per heavy atom. The van der Waals surface area contributed by atoms with Gasteiger partial charge in [0.15, 0.2) is 0 Å². The van der Waals surface area contributed by atoms with Gasteiger partial charge in [0.1, 0.15) is 0 Å². The lowest BCUT2D eigenvalue weighted by molar-refractivity contribution is 0.660. The highest BCUT2D eigenvalue weighted by atomic mass is 15.1. The molecule has 62 heavy (non-hydrogen) atoms. The highest BCUT2D eigenvalue weighted by Gasteiger charge is 2.38. The first-order valence-corrected chi connectivity index (χ1v) is 21.9. The zero-order valence-corrected chi connectivity index (χ0v) is 35.5. The van der Waals surface area contributed by atoms with Crippen LogP contribution in [0.2, 0.25) is 0 Å². The topological polar surface area (TPSA) is 8.17 Å². The molecule has 10 aromatic rings. The number of aromatic nitrogens is 1. The van der Waals surface area contributed by atoms with Crippen molar-refractivity contribution >= 4 is 38.9 Å². The molecule has 0 spiro atoms. The highest BCUT2D eigenvalue weighted by molar-refractivity contribution is 6.17. The molecule has 0 radical (unpaired) electrons. The number of fused-ring (bicyclic) bond motifs is 9. The Morgan fingerprint density at radius 1 is 0.355 bits per heavy atom. The van der Waals surface area contributed by atoms with E-state index in [1.807, 2.05) is 0 Å². The quantitative estimate of drug-likeness (QED) is 0.163. The van der Waals surface area contributed by atoms with Crippen LogP contribution in [-0.4, -0.2) is 4.57 Å². The molecule has 2 aliphatic carbocycles. The van der Waals surface area contributed by atoms with E-state index >= 15 is 0 Å². The van der Waals surface area contributed by atoms with Crippen molar-refractivity contribution in [1.29, 1.82) is 0 Å². The molecule has 0 N–H and O–H groups in total. The summed E-state index contributed by atoms with van der Waals surface area (Å²) >= 11 is 0. The lowest BCUT2D eigenvalue weighted by Gasteiger charge is -2.30. The minimum absolute atomic E-state index is 0.147. The van der Waals surface area contributed by atoms with Crippen molar-refractivity contribution in [2.24, 2.45) is 0 Å². The fourth-order valence-electron chi connectivity index (χ4n) is 11.0. The van der Waals surface area contributed by atoms with E-state index in [0.717, 1.165) is 22.6 Å². The number of nitrogens with zero attached hydrogens (tertiary/aromatic N) is 2. The van der Waals surface area contributed by atoms with Gasteiger partial charge in [0.25, 0.3) is 0 Å². The van der Waals surface area contributed by atoms with Crippen LogP contribution in [0.4, 0.5) is 17.1 Å². The molecule has 1 aromatic heterocycles. The van der Waals surface area contributed by atoms with Crippen molar-refractivity contribution in [2.45, 2.75) is 38.5 Å². The first kappa shape index (κ1) is 36.4. The van der Waals surface area contributed by atoms with Crippen molar-refractivity contribution in [3.63, 3.8) is 0 Å². The SMILES string of the molecule is CC1(C)c2ccccc2-c2ccc(N(c3ccc4c(c3)C(C)(C)c3ccccc3-4)c3cccc4c3c3ccccc3n4-c3c(-c4ccccc4)cccc3-c3ccccc3)cc21. The molecule has 296 valence electrons. The third kappa shape index (κ3) is 5.23. The van der Waals surface area contributed by atoms with Crippen LogP contribution >= 0.6 is 0 Å². The summed E-state index contributed by atoms with van der Waals surface area (Å²) < 4.78 is 2.53. The molecule has 2 aliphatic rings. The first-order chi connectivity index (χ1) is 30.3. The molecule has 0 saturated heterocycles. The van der Waals surface area contributed by atoms with E-state index in [-0.39, 0.29) is 10.8 Å². The van der Waals surface area contributed by atoms with Gasteiger partial charge >= 0.3 is 0 Å². The van der Waals surface area contributed by atoms with Gasteiger partial charge in [-0.15, -0.1) is 0 Å². The van der Waals surface area contributed by atoms with Gasteiger partial charge in [-0.1, -0.05) is 191 Å². The van der Waals surface area contributed by atoms with Crippen LogP contribution in [-0.2, 0) is 10.8 Å². The predicted octanol–water partition coefficient (Wildman–Crippen LogP) is 16.2. The van der Waals surface area contributed by atoms with Crippen LogP contribution in [0.15, 0.2) is 206 Å². The molecule has 2 heteroatoms. The first-order valence-electron chi connectivity index (χ1n) is 21.9. The van der Waals surface area contributed by atoms with E-state index in [0.29, 0.717) is 0 Å². The largest absolute Gasteiger partial charge is 0.310 e.